The number of aromatic nitrogens is 2. The van der Waals surface area contributed by atoms with E-state index in [-0.39, 0.29) is 70.5 Å². The molecule has 9 aromatic rings. The summed E-state index contributed by atoms with van der Waals surface area (Å²) in [6.07, 6.45) is -4.13. The van der Waals surface area contributed by atoms with Crippen molar-refractivity contribution in [1.29, 1.82) is 0 Å². The topological polar surface area (TPSA) is 38.9 Å². The van der Waals surface area contributed by atoms with Crippen LogP contribution >= 0.6 is 0 Å². The monoisotopic (exact) mass is 1090 g/mol. The average Bonchev–Trinajstić information content (AvgIpc) is 3.85. The summed E-state index contributed by atoms with van der Waals surface area (Å²) in [7, 11) is 0. The molecule has 0 amide bonds. The Kier molecular flexibility index (Phi) is 9.68. The van der Waals surface area contributed by atoms with Crippen LogP contribution in [0.25, 0.3) is 77.8 Å². The van der Waals surface area contributed by atoms with E-state index >= 15 is 0 Å². The standard InChI is InChI=1S/C44H40NO.C14H9F5N.Ir/c1-26(2)37-22-34(33-18-16-32(17-19-33)31-12-9-8-10-13-31)23-38(27(3)4)42(37)39-24-41(45-25-30(39)7)36-15-11-14-35-40-21-28(5)20-29(6)43(40)46-44(35)36;1-9-8-20-12(10-5-3-2-4-6-10)7-11(9)13(15,16)14(17,18)19;/h8-14,16-27H,1-7H3;2-5,7-8H,1H3;/q2*-1;/i5D3,6D3,7D3,26D,27D;1D3;. The zero-order valence-corrected chi connectivity index (χ0v) is 38.7. The van der Waals surface area contributed by atoms with Crippen molar-refractivity contribution in [3.05, 3.63) is 191 Å². The molecule has 0 saturated carbocycles. The van der Waals surface area contributed by atoms with Crippen LogP contribution in [0.1, 0.15) is 97.6 Å². The average molecular weight is 1090 g/mol. The first-order valence-electron chi connectivity index (χ1n) is 27.6. The fourth-order valence-corrected chi connectivity index (χ4v) is 7.77. The van der Waals surface area contributed by atoms with Gasteiger partial charge in [-0.05, 0) is 118 Å². The van der Waals surface area contributed by atoms with E-state index in [1.54, 1.807) is 52.0 Å². The third kappa shape index (κ3) is 9.77. The van der Waals surface area contributed by atoms with Crippen molar-refractivity contribution in [2.75, 3.05) is 0 Å². The minimum absolute atomic E-state index is 0. The number of nitrogens with zero attached hydrogens (tertiary/aromatic N) is 2. The number of pyridine rings is 2. The summed E-state index contributed by atoms with van der Waals surface area (Å²) in [4.78, 5) is 8.27. The van der Waals surface area contributed by atoms with Crippen LogP contribution in [0.15, 0.2) is 144 Å². The maximum absolute atomic E-state index is 13.7. The normalized spacial score (nSPS) is 16.0. The van der Waals surface area contributed by atoms with Crippen molar-refractivity contribution < 1.29 is 65.7 Å². The van der Waals surface area contributed by atoms with Gasteiger partial charge in [-0.15, -0.1) is 54.1 Å². The van der Waals surface area contributed by atoms with Gasteiger partial charge in [0.25, 0.3) is 0 Å². The van der Waals surface area contributed by atoms with Crippen LogP contribution in [0.4, 0.5) is 22.0 Å². The number of furan rings is 1. The maximum Gasteiger partial charge on any atom is 0.458 e. The van der Waals surface area contributed by atoms with Gasteiger partial charge in [-0.25, -0.2) is 0 Å². The third-order valence-corrected chi connectivity index (χ3v) is 11.1. The predicted octanol–water partition coefficient (Wildman–Crippen LogP) is 17.1. The van der Waals surface area contributed by atoms with Gasteiger partial charge in [0.15, 0.2) is 0 Å². The van der Waals surface area contributed by atoms with Gasteiger partial charge in [-0.3, -0.25) is 0 Å². The number of halogens is 5. The van der Waals surface area contributed by atoms with Crippen LogP contribution < -0.4 is 0 Å². The fourth-order valence-electron chi connectivity index (χ4n) is 7.77. The second-order valence-electron chi connectivity index (χ2n) is 16.1. The van der Waals surface area contributed by atoms with E-state index < -0.39 is 62.4 Å². The number of aryl methyl sites for hydroxylation is 4. The zero-order valence-electron chi connectivity index (χ0n) is 50.3. The van der Waals surface area contributed by atoms with Crippen molar-refractivity contribution in [1.82, 2.24) is 9.97 Å². The molecule has 3 aromatic heterocycles. The van der Waals surface area contributed by atoms with E-state index in [1.807, 2.05) is 66.7 Å². The quantitative estimate of drug-likeness (QED) is 0.112. The number of hydrogen-bond donors (Lipinski definition) is 0. The molecule has 0 unspecified atom stereocenters. The number of benzene rings is 6. The van der Waals surface area contributed by atoms with E-state index in [1.165, 1.54) is 30.5 Å². The van der Waals surface area contributed by atoms with E-state index in [0.29, 0.717) is 45.3 Å². The molecule has 9 heteroatoms. The number of hydrogen-bond acceptors (Lipinski definition) is 3. The minimum Gasteiger partial charge on any atom is -0.500 e. The molecular formula is C58H49F5IrN2O-2. The van der Waals surface area contributed by atoms with Crippen molar-refractivity contribution in [2.45, 2.75) is 79.0 Å². The first-order valence-corrected chi connectivity index (χ1v) is 20.6. The van der Waals surface area contributed by atoms with Gasteiger partial charge >= 0.3 is 12.1 Å². The summed E-state index contributed by atoms with van der Waals surface area (Å²) < 4.78 is 186. The molecule has 1 radical (unpaired) electrons. The Balaban J connectivity index is 0.000000330. The van der Waals surface area contributed by atoms with E-state index in [2.05, 4.69) is 22.1 Å². The summed E-state index contributed by atoms with van der Waals surface area (Å²) in [5.74, 6) is -7.84. The number of fused-ring (bicyclic) bond motifs is 3. The number of alkyl halides is 5. The second-order valence-corrected chi connectivity index (χ2v) is 16.1. The Hall–Kier alpha value is -6.28. The predicted molar refractivity (Wildman–Crippen MR) is 258 cm³/mol. The Bertz CT molecular complexity index is 3720. The summed E-state index contributed by atoms with van der Waals surface area (Å²) in [6, 6.07) is 41.4. The van der Waals surface area contributed by atoms with Gasteiger partial charge in [0, 0.05) is 62.6 Å². The summed E-state index contributed by atoms with van der Waals surface area (Å²) in [5, 5.41) is 0.727. The molecule has 0 N–H and O–H groups in total. The van der Waals surface area contributed by atoms with Gasteiger partial charge < -0.3 is 14.4 Å². The van der Waals surface area contributed by atoms with E-state index in [4.69, 9.17) is 20.9 Å². The maximum atomic E-state index is 13.7. The summed E-state index contributed by atoms with van der Waals surface area (Å²) in [5.41, 5.74) is 2.89. The molecule has 67 heavy (non-hydrogen) atoms. The van der Waals surface area contributed by atoms with Crippen LogP contribution in [0.5, 0.6) is 0 Å². The Labute approximate surface area is 422 Å². The molecule has 0 bridgehead atoms. The van der Waals surface area contributed by atoms with Gasteiger partial charge in [0.2, 0.25) is 0 Å². The molecule has 343 valence electrons. The second kappa shape index (κ2) is 19.5. The van der Waals surface area contributed by atoms with E-state index in [9.17, 15) is 24.7 Å². The molecular weight excluding hydrogens is 1030 g/mol. The van der Waals surface area contributed by atoms with Gasteiger partial charge in [0.05, 0.1) is 5.58 Å². The molecule has 0 spiro atoms. The van der Waals surface area contributed by atoms with Crippen molar-refractivity contribution in [2.24, 2.45) is 0 Å². The molecule has 3 heterocycles. The summed E-state index contributed by atoms with van der Waals surface area (Å²) in [6.45, 7) is -4.17. The zero-order chi connectivity index (χ0) is 58.9. The van der Waals surface area contributed by atoms with Crippen LogP contribution in [0.2, 0.25) is 0 Å². The van der Waals surface area contributed by atoms with Crippen molar-refractivity contribution >= 4 is 21.9 Å². The van der Waals surface area contributed by atoms with Gasteiger partial charge in [0.1, 0.15) is 5.58 Å². The molecule has 6 aromatic carbocycles. The molecule has 0 aliphatic carbocycles. The number of rotatable bonds is 8. The Morgan fingerprint density at radius 2 is 1.21 bits per heavy atom. The largest absolute Gasteiger partial charge is 0.500 e. The fraction of sp³-hybridized carbons (Fsp3) is 0.207. The van der Waals surface area contributed by atoms with Crippen molar-refractivity contribution in [3.63, 3.8) is 0 Å². The molecule has 0 saturated heterocycles. The first-order chi connectivity index (χ1) is 36.9. The minimum atomic E-state index is -5.92. The van der Waals surface area contributed by atoms with Gasteiger partial charge in [-0.2, -0.15) is 22.0 Å². The van der Waals surface area contributed by atoms with Crippen LogP contribution in [0.3, 0.4) is 0 Å². The van der Waals surface area contributed by atoms with Crippen LogP contribution in [-0.2, 0) is 26.0 Å². The van der Waals surface area contributed by atoms with E-state index in [0.717, 1.165) is 28.3 Å². The summed E-state index contributed by atoms with van der Waals surface area (Å²) >= 11 is 0. The smallest absolute Gasteiger partial charge is 0.458 e. The SMILES string of the molecule is [2H]C([2H])([2H])c1cc(C([2H])([2H])[2H])c2oc3c(-c4cc(-c5c(C([2H])(C)C)cc(-c6ccc(-c7ccccc7)cc6)cc5C([2H])(C)C)c(C([2H])([2H])[2H])cn4)[c-]ccc3c2c1.[2H]C([2H])([2H])c1cnc(-c2[c-]cccc2)cc1C(F)(F)C(F)(F)F.[Ir]. The molecule has 0 aliphatic heterocycles. The Morgan fingerprint density at radius 1 is 0.582 bits per heavy atom. The first kappa shape index (κ1) is 33.2. The molecule has 0 aliphatic rings. The third-order valence-electron chi connectivity index (χ3n) is 11.1. The molecule has 9 rings (SSSR count). The molecule has 0 atom stereocenters. The van der Waals surface area contributed by atoms with Crippen LogP contribution in [0, 0.1) is 39.5 Å². The molecule has 0 fully saturated rings. The van der Waals surface area contributed by atoms with Crippen molar-refractivity contribution in [3.8, 4) is 55.9 Å². The van der Waals surface area contributed by atoms with Gasteiger partial charge in [-0.1, -0.05) is 129 Å². The Morgan fingerprint density at radius 3 is 1.82 bits per heavy atom. The molecule has 3 nitrogen and oxygen atoms in total. The van der Waals surface area contributed by atoms with Crippen LogP contribution in [-0.4, -0.2) is 16.1 Å².